The van der Waals surface area contributed by atoms with E-state index in [1.54, 1.807) is 14.2 Å². The monoisotopic (exact) mass is 426 g/mol. The zero-order valence-electron chi connectivity index (χ0n) is 17.4. The van der Waals surface area contributed by atoms with Crippen molar-refractivity contribution in [3.05, 3.63) is 72.8 Å². The highest BCUT2D eigenvalue weighted by atomic mass is 16.5. The number of hydrogen-bond donors (Lipinski definition) is 0. The Bertz CT molecular complexity index is 1240. The summed E-state index contributed by atoms with van der Waals surface area (Å²) >= 11 is 0. The maximum Gasteiger partial charge on any atom is 0.248 e. The van der Waals surface area contributed by atoms with Crippen LogP contribution in [0.2, 0.25) is 0 Å². The fourth-order valence-corrected chi connectivity index (χ4v) is 3.22. The van der Waals surface area contributed by atoms with E-state index in [1.807, 2.05) is 72.8 Å². The first-order valence-electron chi connectivity index (χ1n) is 9.81. The molecule has 0 aliphatic heterocycles. The van der Waals surface area contributed by atoms with E-state index >= 15 is 0 Å². The average molecular weight is 426 g/mol. The van der Waals surface area contributed by atoms with E-state index in [1.165, 1.54) is 0 Å². The lowest BCUT2D eigenvalue weighted by atomic mass is 10.1. The van der Waals surface area contributed by atoms with Crippen LogP contribution in [0.1, 0.15) is 0 Å². The van der Waals surface area contributed by atoms with Gasteiger partial charge in [-0.2, -0.15) is 0 Å². The molecule has 158 valence electrons. The molecule has 3 aromatic carbocycles. The number of methoxy groups -OCH3 is 2. The zero-order chi connectivity index (χ0) is 21.9. The highest BCUT2D eigenvalue weighted by Crippen LogP contribution is 2.33. The first kappa shape index (κ1) is 19.5. The third-order valence-corrected chi connectivity index (χ3v) is 4.91. The van der Waals surface area contributed by atoms with E-state index in [2.05, 4.69) is 20.4 Å². The molecule has 8 heteroatoms. The van der Waals surface area contributed by atoms with Crippen molar-refractivity contribution in [3.63, 3.8) is 0 Å². The second-order valence-corrected chi connectivity index (χ2v) is 6.83. The van der Waals surface area contributed by atoms with Crippen LogP contribution in [0.4, 0.5) is 0 Å². The van der Waals surface area contributed by atoms with Gasteiger partial charge in [-0.25, -0.2) is 0 Å². The highest BCUT2D eigenvalue weighted by Gasteiger charge is 2.19. The van der Waals surface area contributed by atoms with Crippen LogP contribution in [0.3, 0.4) is 0 Å². The van der Waals surface area contributed by atoms with Crippen LogP contribution in [-0.2, 0) is 0 Å². The molecular formula is C24H18N4O4. The molecule has 8 nitrogen and oxygen atoms in total. The summed E-state index contributed by atoms with van der Waals surface area (Å²) in [5.74, 6) is 3.03. The second-order valence-electron chi connectivity index (χ2n) is 6.83. The Morgan fingerprint density at radius 2 is 0.875 bits per heavy atom. The van der Waals surface area contributed by atoms with Gasteiger partial charge in [-0.15, -0.1) is 20.4 Å². The molecule has 32 heavy (non-hydrogen) atoms. The van der Waals surface area contributed by atoms with Crippen LogP contribution in [0.25, 0.3) is 45.8 Å². The van der Waals surface area contributed by atoms with Crippen molar-refractivity contribution in [1.29, 1.82) is 0 Å². The molecule has 0 bridgehead atoms. The second kappa shape index (κ2) is 8.35. The molecule has 0 unspecified atom stereocenters. The fraction of sp³-hybridized carbons (Fsp3) is 0.0833. The predicted octanol–water partition coefficient (Wildman–Crippen LogP) is 5.14. The largest absolute Gasteiger partial charge is 0.497 e. The summed E-state index contributed by atoms with van der Waals surface area (Å²) in [5.41, 5.74) is 2.98. The average Bonchev–Trinajstić information content (AvgIpc) is 3.55. The molecule has 0 aliphatic carbocycles. The topological polar surface area (TPSA) is 96.3 Å². The quantitative estimate of drug-likeness (QED) is 0.368. The van der Waals surface area contributed by atoms with Gasteiger partial charge in [-0.05, 0) is 60.7 Å². The van der Waals surface area contributed by atoms with Gasteiger partial charge in [-0.1, -0.05) is 12.1 Å². The minimum absolute atomic E-state index is 0.357. The lowest BCUT2D eigenvalue weighted by Crippen LogP contribution is -1.85. The van der Waals surface area contributed by atoms with Crippen molar-refractivity contribution in [2.45, 2.75) is 0 Å². The van der Waals surface area contributed by atoms with Crippen molar-refractivity contribution in [1.82, 2.24) is 20.4 Å². The van der Waals surface area contributed by atoms with Crippen molar-refractivity contribution in [2.75, 3.05) is 14.2 Å². The van der Waals surface area contributed by atoms with Crippen LogP contribution < -0.4 is 9.47 Å². The molecule has 0 amide bonds. The minimum Gasteiger partial charge on any atom is -0.497 e. The lowest BCUT2D eigenvalue weighted by molar-refractivity contribution is 0.414. The molecule has 5 aromatic rings. The Hall–Kier alpha value is -4.46. The van der Waals surface area contributed by atoms with Gasteiger partial charge in [0.25, 0.3) is 0 Å². The Balaban J connectivity index is 1.47. The van der Waals surface area contributed by atoms with Gasteiger partial charge in [0, 0.05) is 11.1 Å². The van der Waals surface area contributed by atoms with Gasteiger partial charge < -0.3 is 18.3 Å². The van der Waals surface area contributed by atoms with E-state index in [9.17, 15) is 0 Å². The molecule has 0 saturated heterocycles. The van der Waals surface area contributed by atoms with Crippen LogP contribution in [-0.4, -0.2) is 34.6 Å². The minimum atomic E-state index is 0.357. The summed E-state index contributed by atoms with van der Waals surface area (Å²) in [6.07, 6.45) is 0. The number of hydrogen-bond acceptors (Lipinski definition) is 8. The molecule has 0 spiro atoms. The summed E-state index contributed by atoms with van der Waals surface area (Å²) in [6, 6.07) is 22.3. The van der Waals surface area contributed by atoms with Crippen molar-refractivity contribution in [3.8, 4) is 57.3 Å². The van der Waals surface area contributed by atoms with E-state index in [-0.39, 0.29) is 0 Å². The van der Waals surface area contributed by atoms with Crippen molar-refractivity contribution in [2.24, 2.45) is 0 Å². The molecule has 0 N–H and O–H groups in total. The highest BCUT2D eigenvalue weighted by molar-refractivity contribution is 5.76. The molecule has 0 atom stereocenters. The normalized spacial score (nSPS) is 10.8. The Labute approximate surface area is 183 Å². The molecule has 0 aliphatic rings. The van der Waals surface area contributed by atoms with Gasteiger partial charge in [0.15, 0.2) is 0 Å². The molecule has 2 heterocycles. The molecular weight excluding hydrogens is 408 g/mol. The van der Waals surface area contributed by atoms with E-state index < -0.39 is 0 Å². The van der Waals surface area contributed by atoms with Gasteiger partial charge in [0.05, 0.1) is 25.3 Å². The molecule has 2 aromatic heterocycles. The van der Waals surface area contributed by atoms with Crippen molar-refractivity contribution < 1.29 is 18.3 Å². The predicted molar refractivity (Wildman–Crippen MR) is 117 cm³/mol. The molecule has 0 saturated carbocycles. The summed E-state index contributed by atoms with van der Waals surface area (Å²) < 4.78 is 22.3. The van der Waals surface area contributed by atoms with Gasteiger partial charge in [-0.3, -0.25) is 0 Å². The van der Waals surface area contributed by atoms with Crippen LogP contribution in [0.15, 0.2) is 81.6 Å². The summed E-state index contributed by atoms with van der Waals surface area (Å²) in [5, 5.41) is 16.8. The molecule has 0 radical (unpaired) electrons. The van der Waals surface area contributed by atoms with Crippen LogP contribution in [0, 0.1) is 0 Å². The standard InChI is InChI=1S/C24H18N4O4/c1-29-17-11-7-15(8-12-17)21-25-27-23(31-21)19-5-3-4-6-20(19)24-28-26-22(32-24)16-9-13-18(30-2)14-10-16/h3-14H,1-2H3. The number of nitrogens with zero attached hydrogens (tertiary/aromatic N) is 4. The Kier molecular flexibility index (Phi) is 5.09. The number of aromatic nitrogens is 4. The third-order valence-electron chi connectivity index (χ3n) is 4.91. The van der Waals surface area contributed by atoms with Gasteiger partial charge in [0.1, 0.15) is 11.5 Å². The van der Waals surface area contributed by atoms with E-state index in [4.69, 9.17) is 18.3 Å². The summed E-state index contributed by atoms with van der Waals surface area (Å²) in [7, 11) is 3.24. The first-order chi connectivity index (χ1) is 15.7. The fourth-order valence-electron chi connectivity index (χ4n) is 3.22. The number of ether oxygens (including phenoxy) is 2. The Morgan fingerprint density at radius 3 is 1.25 bits per heavy atom. The number of benzene rings is 3. The number of rotatable bonds is 6. The van der Waals surface area contributed by atoms with Gasteiger partial charge in [0.2, 0.25) is 23.6 Å². The van der Waals surface area contributed by atoms with E-state index in [0.717, 1.165) is 22.6 Å². The summed E-state index contributed by atoms with van der Waals surface area (Å²) in [6.45, 7) is 0. The molecule has 0 fully saturated rings. The van der Waals surface area contributed by atoms with Gasteiger partial charge >= 0.3 is 0 Å². The first-order valence-corrected chi connectivity index (χ1v) is 9.81. The maximum atomic E-state index is 5.94. The Morgan fingerprint density at radius 1 is 0.500 bits per heavy atom. The molecule has 5 rings (SSSR count). The SMILES string of the molecule is COc1ccc(-c2nnc(-c3ccccc3-c3nnc(-c4ccc(OC)cc4)o3)o2)cc1. The lowest BCUT2D eigenvalue weighted by Gasteiger charge is -2.02. The van der Waals surface area contributed by atoms with E-state index in [0.29, 0.717) is 34.7 Å². The maximum absolute atomic E-state index is 5.94. The summed E-state index contributed by atoms with van der Waals surface area (Å²) in [4.78, 5) is 0. The zero-order valence-corrected chi connectivity index (χ0v) is 17.4. The van der Waals surface area contributed by atoms with Crippen molar-refractivity contribution >= 4 is 0 Å². The van der Waals surface area contributed by atoms with Crippen LogP contribution >= 0.6 is 0 Å². The van der Waals surface area contributed by atoms with Crippen LogP contribution in [0.5, 0.6) is 11.5 Å². The smallest absolute Gasteiger partial charge is 0.248 e. The third kappa shape index (κ3) is 3.69.